The van der Waals surface area contributed by atoms with Gasteiger partial charge >= 0.3 is 0 Å². The second-order valence-electron chi connectivity index (χ2n) is 4.87. The standard InChI is InChI=1S/C13H20N4O2/c1-2-8-16(10-11-4-3-6-14-11)13-9-12(17(18)19)5-7-15-13/h5,7,9,11,14H,2-4,6,8,10H2,1H3. The van der Waals surface area contributed by atoms with Crippen LogP contribution in [0.2, 0.25) is 0 Å². The van der Waals surface area contributed by atoms with Gasteiger partial charge in [-0.2, -0.15) is 0 Å². The zero-order chi connectivity index (χ0) is 13.7. The van der Waals surface area contributed by atoms with Gasteiger partial charge in [-0.1, -0.05) is 6.92 Å². The van der Waals surface area contributed by atoms with E-state index in [-0.39, 0.29) is 10.6 Å². The van der Waals surface area contributed by atoms with Gasteiger partial charge in [0, 0.05) is 31.4 Å². The number of hydrogen-bond donors (Lipinski definition) is 1. The summed E-state index contributed by atoms with van der Waals surface area (Å²) in [5.41, 5.74) is 0.102. The minimum absolute atomic E-state index is 0.102. The Morgan fingerprint density at radius 2 is 2.47 bits per heavy atom. The first-order chi connectivity index (χ1) is 9.20. The molecular formula is C13H20N4O2. The van der Waals surface area contributed by atoms with Crippen LogP contribution in [0.3, 0.4) is 0 Å². The Balaban J connectivity index is 2.12. The van der Waals surface area contributed by atoms with Crippen molar-refractivity contribution >= 4 is 11.5 Å². The summed E-state index contributed by atoms with van der Waals surface area (Å²) < 4.78 is 0. The molecule has 0 aromatic carbocycles. The van der Waals surface area contributed by atoms with Gasteiger partial charge in [0.05, 0.1) is 11.0 Å². The molecule has 6 heteroatoms. The largest absolute Gasteiger partial charge is 0.355 e. The fourth-order valence-corrected chi connectivity index (χ4v) is 2.44. The maximum Gasteiger partial charge on any atom is 0.274 e. The molecule has 1 aromatic heterocycles. The molecule has 0 saturated carbocycles. The molecule has 1 aliphatic rings. The fourth-order valence-electron chi connectivity index (χ4n) is 2.44. The molecule has 19 heavy (non-hydrogen) atoms. The zero-order valence-corrected chi connectivity index (χ0v) is 11.2. The average Bonchev–Trinajstić information content (AvgIpc) is 2.91. The van der Waals surface area contributed by atoms with Gasteiger partial charge < -0.3 is 10.2 Å². The highest BCUT2D eigenvalue weighted by molar-refractivity contribution is 5.46. The Morgan fingerprint density at radius 3 is 3.11 bits per heavy atom. The quantitative estimate of drug-likeness (QED) is 0.628. The van der Waals surface area contributed by atoms with Crippen molar-refractivity contribution in [3.63, 3.8) is 0 Å². The minimum Gasteiger partial charge on any atom is -0.355 e. The van der Waals surface area contributed by atoms with Crippen LogP contribution < -0.4 is 10.2 Å². The number of nitro groups is 1. The van der Waals surface area contributed by atoms with Gasteiger partial charge in [0.1, 0.15) is 5.82 Å². The van der Waals surface area contributed by atoms with Crippen LogP contribution in [-0.2, 0) is 0 Å². The molecule has 0 aliphatic carbocycles. The lowest BCUT2D eigenvalue weighted by atomic mass is 10.2. The van der Waals surface area contributed by atoms with Crippen molar-refractivity contribution in [2.45, 2.75) is 32.2 Å². The average molecular weight is 264 g/mol. The normalized spacial score (nSPS) is 18.5. The van der Waals surface area contributed by atoms with Gasteiger partial charge in [-0.3, -0.25) is 10.1 Å². The molecule has 1 aliphatic heterocycles. The summed E-state index contributed by atoms with van der Waals surface area (Å²) >= 11 is 0. The summed E-state index contributed by atoms with van der Waals surface area (Å²) in [5.74, 6) is 0.699. The van der Waals surface area contributed by atoms with Gasteiger partial charge in [-0.15, -0.1) is 0 Å². The van der Waals surface area contributed by atoms with Crippen molar-refractivity contribution in [2.24, 2.45) is 0 Å². The molecule has 1 atom stereocenters. The third-order valence-electron chi connectivity index (χ3n) is 3.36. The van der Waals surface area contributed by atoms with E-state index in [9.17, 15) is 10.1 Å². The van der Waals surface area contributed by atoms with E-state index in [2.05, 4.69) is 22.1 Å². The van der Waals surface area contributed by atoms with Crippen molar-refractivity contribution < 1.29 is 4.92 Å². The Labute approximate surface area is 113 Å². The molecule has 0 bridgehead atoms. The Hall–Kier alpha value is -1.69. The monoisotopic (exact) mass is 264 g/mol. The van der Waals surface area contributed by atoms with Crippen LogP contribution in [0.4, 0.5) is 11.5 Å². The lowest BCUT2D eigenvalue weighted by molar-refractivity contribution is -0.384. The molecular weight excluding hydrogens is 244 g/mol. The highest BCUT2D eigenvalue weighted by Crippen LogP contribution is 2.19. The summed E-state index contributed by atoms with van der Waals surface area (Å²) in [6.07, 6.45) is 4.87. The summed E-state index contributed by atoms with van der Waals surface area (Å²) in [6.45, 7) is 4.90. The highest BCUT2D eigenvalue weighted by Gasteiger charge is 2.19. The van der Waals surface area contributed by atoms with Crippen LogP contribution in [0.25, 0.3) is 0 Å². The second kappa shape index (κ2) is 6.47. The highest BCUT2D eigenvalue weighted by atomic mass is 16.6. The van der Waals surface area contributed by atoms with Gasteiger partial charge in [0.25, 0.3) is 5.69 Å². The van der Waals surface area contributed by atoms with E-state index in [4.69, 9.17) is 0 Å². The molecule has 2 heterocycles. The summed E-state index contributed by atoms with van der Waals surface area (Å²) in [4.78, 5) is 16.9. The van der Waals surface area contributed by atoms with Crippen LogP contribution in [0.15, 0.2) is 18.3 Å². The number of aromatic nitrogens is 1. The van der Waals surface area contributed by atoms with E-state index < -0.39 is 0 Å². The van der Waals surface area contributed by atoms with E-state index in [0.29, 0.717) is 11.9 Å². The number of hydrogen-bond acceptors (Lipinski definition) is 5. The molecule has 1 N–H and O–H groups in total. The van der Waals surface area contributed by atoms with Crippen molar-refractivity contribution in [3.05, 3.63) is 28.4 Å². The Morgan fingerprint density at radius 1 is 1.63 bits per heavy atom. The topological polar surface area (TPSA) is 71.3 Å². The minimum atomic E-state index is -0.372. The molecule has 104 valence electrons. The number of rotatable bonds is 6. The Bertz CT molecular complexity index is 432. The van der Waals surface area contributed by atoms with E-state index in [1.165, 1.54) is 18.7 Å². The first-order valence-corrected chi connectivity index (χ1v) is 6.79. The number of anilines is 1. The smallest absolute Gasteiger partial charge is 0.274 e. The fraction of sp³-hybridized carbons (Fsp3) is 0.615. The first kappa shape index (κ1) is 13.7. The molecule has 6 nitrogen and oxygen atoms in total. The molecule has 0 spiro atoms. The molecule has 1 fully saturated rings. The van der Waals surface area contributed by atoms with E-state index >= 15 is 0 Å². The number of nitrogens with one attached hydrogen (secondary N) is 1. The van der Waals surface area contributed by atoms with Crippen molar-refractivity contribution in [3.8, 4) is 0 Å². The maximum atomic E-state index is 10.8. The number of pyridine rings is 1. The summed E-state index contributed by atoms with van der Waals surface area (Å²) in [5, 5.41) is 14.3. The van der Waals surface area contributed by atoms with E-state index in [1.54, 1.807) is 6.07 Å². The zero-order valence-electron chi connectivity index (χ0n) is 11.2. The van der Waals surface area contributed by atoms with Gasteiger partial charge in [-0.25, -0.2) is 4.98 Å². The van der Waals surface area contributed by atoms with E-state index in [0.717, 1.165) is 32.5 Å². The third kappa shape index (κ3) is 3.64. The molecule has 1 saturated heterocycles. The van der Waals surface area contributed by atoms with Crippen LogP contribution in [0.5, 0.6) is 0 Å². The molecule has 1 unspecified atom stereocenters. The second-order valence-corrected chi connectivity index (χ2v) is 4.87. The lowest BCUT2D eigenvalue weighted by Gasteiger charge is -2.26. The van der Waals surface area contributed by atoms with Crippen LogP contribution >= 0.6 is 0 Å². The van der Waals surface area contributed by atoms with Gasteiger partial charge in [0.2, 0.25) is 0 Å². The summed E-state index contributed by atoms with van der Waals surface area (Å²) in [7, 11) is 0. The van der Waals surface area contributed by atoms with Crippen molar-refractivity contribution in [1.82, 2.24) is 10.3 Å². The predicted octanol–water partition coefficient (Wildman–Crippen LogP) is 1.96. The SMILES string of the molecule is CCCN(CC1CCCN1)c1cc([N+](=O)[O-])ccn1. The van der Waals surface area contributed by atoms with Crippen molar-refractivity contribution in [1.29, 1.82) is 0 Å². The summed E-state index contributed by atoms with van der Waals surface area (Å²) in [6, 6.07) is 3.46. The van der Waals surface area contributed by atoms with Crippen LogP contribution in [-0.4, -0.2) is 35.6 Å². The van der Waals surface area contributed by atoms with Gasteiger partial charge in [-0.05, 0) is 25.8 Å². The van der Waals surface area contributed by atoms with Crippen LogP contribution in [0.1, 0.15) is 26.2 Å². The predicted molar refractivity (Wildman–Crippen MR) is 74.4 cm³/mol. The third-order valence-corrected chi connectivity index (χ3v) is 3.36. The molecule has 2 rings (SSSR count). The first-order valence-electron chi connectivity index (χ1n) is 6.79. The Kier molecular flexibility index (Phi) is 4.68. The van der Waals surface area contributed by atoms with Crippen molar-refractivity contribution in [2.75, 3.05) is 24.5 Å². The lowest BCUT2D eigenvalue weighted by Crippen LogP contribution is -2.38. The van der Waals surface area contributed by atoms with Crippen LogP contribution in [0, 0.1) is 10.1 Å². The van der Waals surface area contributed by atoms with E-state index in [1.807, 2.05) is 0 Å². The molecule has 0 radical (unpaired) electrons. The van der Waals surface area contributed by atoms with Gasteiger partial charge in [0.15, 0.2) is 0 Å². The molecule has 0 amide bonds. The molecule has 1 aromatic rings. The maximum absolute atomic E-state index is 10.8. The number of nitrogens with zero attached hydrogens (tertiary/aromatic N) is 3.